The van der Waals surface area contributed by atoms with Gasteiger partial charge in [-0.3, -0.25) is 4.68 Å². The molecule has 0 aliphatic heterocycles. The number of halogens is 1. The van der Waals surface area contributed by atoms with Gasteiger partial charge in [0, 0.05) is 17.8 Å². The van der Waals surface area contributed by atoms with Crippen LogP contribution in [0.15, 0.2) is 42.6 Å². The van der Waals surface area contributed by atoms with Gasteiger partial charge in [-0.1, -0.05) is 41.9 Å². The highest BCUT2D eigenvalue weighted by Gasteiger charge is 2.08. The van der Waals surface area contributed by atoms with Gasteiger partial charge >= 0.3 is 0 Å². The van der Waals surface area contributed by atoms with Crippen molar-refractivity contribution in [1.29, 1.82) is 5.26 Å². The second-order valence-electron chi connectivity index (χ2n) is 3.93. The molecule has 0 saturated carbocycles. The molecule has 18 heavy (non-hydrogen) atoms. The van der Waals surface area contributed by atoms with Crippen molar-refractivity contribution < 1.29 is 0 Å². The average Bonchev–Trinajstić information content (AvgIpc) is 2.72. The summed E-state index contributed by atoms with van der Waals surface area (Å²) in [6, 6.07) is 12.0. The zero-order chi connectivity index (χ0) is 13.0. The standard InChI is InChI=1S/C14H12ClN3/c1-11-13(14(15)7-8-16)10-18(17-11)9-12-5-3-2-4-6-12/h2-7,10H,9H2,1H3/b14-7-. The Hall–Kier alpha value is -2.05. The lowest BCUT2D eigenvalue weighted by atomic mass is 10.2. The van der Waals surface area contributed by atoms with E-state index < -0.39 is 0 Å². The molecule has 90 valence electrons. The number of rotatable bonds is 3. The molecule has 0 saturated heterocycles. The molecule has 0 aliphatic rings. The first-order valence-corrected chi connectivity index (χ1v) is 5.92. The summed E-state index contributed by atoms with van der Waals surface area (Å²) in [5.41, 5.74) is 2.79. The molecule has 3 nitrogen and oxygen atoms in total. The van der Waals surface area contributed by atoms with Gasteiger partial charge in [0.25, 0.3) is 0 Å². The highest BCUT2D eigenvalue weighted by molar-refractivity contribution is 6.49. The summed E-state index contributed by atoms with van der Waals surface area (Å²) in [7, 11) is 0. The third-order valence-electron chi connectivity index (χ3n) is 2.58. The molecule has 0 fully saturated rings. The molecule has 1 aromatic carbocycles. The van der Waals surface area contributed by atoms with Crippen LogP contribution in [0.3, 0.4) is 0 Å². The van der Waals surface area contributed by atoms with Crippen LogP contribution in [0.4, 0.5) is 0 Å². The van der Waals surface area contributed by atoms with E-state index in [1.807, 2.05) is 54.2 Å². The number of hydrogen-bond acceptors (Lipinski definition) is 2. The molecule has 0 aliphatic carbocycles. The zero-order valence-corrected chi connectivity index (χ0v) is 10.7. The number of nitrogens with zero attached hydrogens (tertiary/aromatic N) is 3. The summed E-state index contributed by atoms with van der Waals surface area (Å²) >= 11 is 6.01. The molecule has 1 heterocycles. The molecule has 2 rings (SSSR count). The predicted molar refractivity (Wildman–Crippen MR) is 72.0 cm³/mol. The number of aromatic nitrogens is 2. The van der Waals surface area contributed by atoms with Crippen molar-refractivity contribution >= 4 is 16.6 Å². The molecule has 0 atom stereocenters. The maximum atomic E-state index is 8.59. The molecule has 0 amide bonds. The Morgan fingerprint density at radius 1 is 1.44 bits per heavy atom. The molecular formula is C14H12ClN3. The van der Waals surface area contributed by atoms with Gasteiger partial charge in [0.1, 0.15) is 0 Å². The Kier molecular flexibility index (Phi) is 3.81. The number of nitriles is 1. The quantitative estimate of drug-likeness (QED) is 0.792. The third-order valence-corrected chi connectivity index (χ3v) is 2.90. The molecule has 0 spiro atoms. The maximum absolute atomic E-state index is 8.59. The van der Waals surface area contributed by atoms with Gasteiger partial charge in [0.2, 0.25) is 0 Å². The number of aryl methyl sites for hydroxylation is 1. The average molecular weight is 258 g/mol. The van der Waals surface area contributed by atoms with Crippen molar-refractivity contribution in [2.24, 2.45) is 0 Å². The van der Waals surface area contributed by atoms with Crippen LogP contribution >= 0.6 is 11.6 Å². The fraction of sp³-hybridized carbons (Fsp3) is 0.143. The van der Waals surface area contributed by atoms with Crippen molar-refractivity contribution in [2.75, 3.05) is 0 Å². The van der Waals surface area contributed by atoms with E-state index in [-0.39, 0.29) is 0 Å². The second-order valence-corrected chi connectivity index (χ2v) is 4.34. The van der Waals surface area contributed by atoms with Gasteiger partial charge in [-0.05, 0) is 12.5 Å². The highest BCUT2D eigenvalue weighted by Crippen LogP contribution is 2.21. The first kappa shape index (κ1) is 12.4. The Balaban J connectivity index is 2.25. The van der Waals surface area contributed by atoms with Crippen molar-refractivity contribution in [3.05, 3.63) is 59.4 Å². The lowest BCUT2D eigenvalue weighted by molar-refractivity contribution is 0.679. The lowest BCUT2D eigenvalue weighted by Crippen LogP contribution is -1.99. The Morgan fingerprint density at radius 3 is 2.83 bits per heavy atom. The Morgan fingerprint density at radius 2 is 2.17 bits per heavy atom. The van der Waals surface area contributed by atoms with E-state index in [0.29, 0.717) is 11.6 Å². The Labute approximate surface area is 111 Å². The van der Waals surface area contributed by atoms with Crippen LogP contribution in [0.1, 0.15) is 16.8 Å². The predicted octanol–water partition coefficient (Wildman–Crippen LogP) is 3.34. The summed E-state index contributed by atoms with van der Waals surface area (Å²) in [5, 5.41) is 13.4. The summed E-state index contributed by atoms with van der Waals surface area (Å²) in [5.74, 6) is 0. The molecule has 1 aromatic heterocycles. The van der Waals surface area contributed by atoms with Crippen LogP contribution in [0.2, 0.25) is 0 Å². The molecule has 0 unspecified atom stereocenters. The van der Waals surface area contributed by atoms with Crippen LogP contribution < -0.4 is 0 Å². The lowest BCUT2D eigenvalue weighted by Gasteiger charge is -2.00. The zero-order valence-electron chi connectivity index (χ0n) is 9.97. The second kappa shape index (κ2) is 5.52. The smallest absolute Gasteiger partial charge is 0.0927 e. The van der Waals surface area contributed by atoms with Crippen molar-refractivity contribution in [3.8, 4) is 6.07 Å². The largest absolute Gasteiger partial charge is 0.267 e. The van der Waals surface area contributed by atoms with E-state index in [0.717, 1.165) is 11.3 Å². The molecular weight excluding hydrogens is 246 g/mol. The first-order valence-electron chi connectivity index (χ1n) is 5.54. The van der Waals surface area contributed by atoms with Gasteiger partial charge in [-0.2, -0.15) is 10.4 Å². The van der Waals surface area contributed by atoms with Gasteiger partial charge in [0.15, 0.2) is 0 Å². The number of benzene rings is 1. The van der Waals surface area contributed by atoms with Crippen molar-refractivity contribution in [3.63, 3.8) is 0 Å². The Bertz CT molecular complexity index is 606. The summed E-state index contributed by atoms with van der Waals surface area (Å²) in [6.45, 7) is 2.57. The first-order chi connectivity index (χ1) is 8.70. The molecule has 0 N–H and O–H groups in total. The fourth-order valence-corrected chi connectivity index (χ4v) is 1.97. The fourth-order valence-electron chi connectivity index (χ4n) is 1.74. The van der Waals surface area contributed by atoms with Crippen LogP contribution in [-0.4, -0.2) is 9.78 Å². The monoisotopic (exact) mass is 257 g/mol. The highest BCUT2D eigenvalue weighted by atomic mass is 35.5. The summed E-state index contributed by atoms with van der Waals surface area (Å²) in [6.07, 6.45) is 3.18. The summed E-state index contributed by atoms with van der Waals surface area (Å²) in [4.78, 5) is 0. The van der Waals surface area contributed by atoms with Gasteiger partial charge in [-0.25, -0.2) is 0 Å². The van der Waals surface area contributed by atoms with Gasteiger partial charge in [-0.15, -0.1) is 0 Å². The molecule has 4 heteroatoms. The number of allylic oxidation sites excluding steroid dienone is 1. The van der Waals surface area contributed by atoms with E-state index >= 15 is 0 Å². The van der Waals surface area contributed by atoms with E-state index in [2.05, 4.69) is 5.10 Å². The van der Waals surface area contributed by atoms with E-state index in [9.17, 15) is 0 Å². The van der Waals surface area contributed by atoms with Gasteiger partial charge in [0.05, 0.1) is 23.3 Å². The number of hydrogen-bond donors (Lipinski definition) is 0. The van der Waals surface area contributed by atoms with E-state index in [1.165, 1.54) is 11.6 Å². The van der Waals surface area contributed by atoms with Crippen molar-refractivity contribution in [1.82, 2.24) is 9.78 Å². The van der Waals surface area contributed by atoms with Crippen LogP contribution in [0.25, 0.3) is 5.03 Å². The topological polar surface area (TPSA) is 41.6 Å². The van der Waals surface area contributed by atoms with Crippen LogP contribution in [0.5, 0.6) is 0 Å². The van der Waals surface area contributed by atoms with Crippen LogP contribution in [-0.2, 0) is 6.54 Å². The third kappa shape index (κ3) is 2.79. The maximum Gasteiger partial charge on any atom is 0.0927 e. The minimum absolute atomic E-state index is 0.425. The molecule has 0 bridgehead atoms. The SMILES string of the molecule is Cc1nn(Cc2ccccc2)cc1/C(Cl)=C/C#N. The normalized spacial score (nSPS) is 11.3. The van der Waals surface area contributed by atoms with Crippen molar-refractivity contribution in [2.45, 2.75) is 13.5 Å². The van der Waals surface area contributed by atoms with Gasteiger partial charge < -0.3 is 0 Å². The van der Waals surface area contributed by atoms with Crippen LogP contribution in [0, 0.1) is 18.3 Å². The molecule has 2 aromatic rings. The molecule has 0 radical (unpaired) electrons. The summed E-state index contributed by atoms with van der Waals surface area (Å²) < 4.78 is 1.83. The minimum atomic E-state index is 0.425. The van der Waals surface area contributed by atoms with E-state index in [4.69, 9.17) is 16.9 Å². The van der Waals surface area contributed by atoms with E-state index in [1.54, 1.807) is 0 Å². The minimum Gasteiger partial charge on any atom is -0.267 e.